The van der Waals surface area contributed by atoms with E-state index in [0.717, 1.165) is 19.8 Å². The van der Waals surface area contributed by atoms with Gasteiger partial charge in [0, 0.05) is 19.2 Å². The zero-order valence-corrected chi connectivity index (χ0v) is 14.4. The molecule has 1 N–H and O–H groups in total. The molecule has 0 heterocycles. The summed E-state index contributed by atoms with van der Waals surface area (Å²) in [5.74, 6) is 0. The smallest absolute Gasteiger partial charge is 0.0590 e. The molecule has 20 heavy (non-hydrogen) atoms. The molecule has 0 saturated heterocycles. The molecule has 0 aliphatic heterocycles. The summed E-state index contributed by atoms with van der Waals surface area (Å²) in [7, 11) is 0. The van der Waals surface area contributed by atoms with Crippen molar-refractivity contribution in [2.75, 3.05) is 19.8 Å². The summed E-state index contributed by atoms with van der Waals surface area (Å²) in [5.41, 5.74) is 0. The number of unbranched alkanes of at least 4 members (excludes halogenated alkanes) is 8. The average Bonchev–Trinajstić information content (AvgIpc) is 2.44. The van der Waals surface area contributed by atoms with E-state index in [1.165, 1.54) is 70.6 Å². The number of rotatable bonds is 16. The maximum atomic E-state index is 5.66. The van der Waals surface area contributed by atoms with Gasteiger partial charge in [-0.05, 0) is 19.8 Å². The minimum atomic E-state index is 0.635. The molecule has 0 aliphatic rings. The maximum absolute atomic E-state index is 5.66. The fourth-order valence-corrected chi connectivity index (χ4v) is 2.53. The minimum Gasteiger partial charge on any atom is -0.380 e. The van der Waals surface area contributed by atoms with E-state index >= 15 is 0 Å². The van der Waals surface area contributed by atoms with Crippen molar-refractivity contribution in [1.29, 1.82) is 0 Å². The van der Waals surface area contributed by atoms with E-state index in [9.17, 15) is 0 Å². The first kappa shape index (κ1) is 19.9. The van der Waals surface area contributed by atoms with E-state index in [2.05, 4.69) is 26.1 Å². The van der Waals surface area contributed by atoms with Crippen LogP contribution in [0.4, 0.5) is 0 Å². The monoisotopic (exact) mass is 285 g/mol. The molecular weight excluding hydrogens is 246 g/mol. The Kier molecular flexibility index (Phi) is 16.9. The summed E-state index contributed by atoms with van der Waals surface area (Å²) >= 11 is 0. The number of nitrogens with one attached hydrogen (secondary N) is 1. The second-order valence-electron chi connectivity index (χ2n) is 6.08. The van der Waals surface area contributed by atoms with Gasteiger partial charge >= 0.3 is 0 Å². The van der Waals surface area contributed by atoms with Gasteiger partial charge in [-0.1, -0.05) is 71.6 Å². The standard InChI is InChI=1S/C18H39NO/c1-4-6-7-8-9-10-11-12-13-16-20-17-15-19-18(3)14-5-2/h18-19H,4-17H2,1-3H3. The lowest BCUT2D eigenvalue weighted by molar-refractivity contribution is 0.129. The van der Waals surface area contributed by atoms with Gasteiger partial charge in [0.05, 0.1) is 6.61 Å². The molecule has 1 atom stereocenters. The van der Waals surface area contributed by atoms with Gasteiger partial charge in [0.25, 0.3) is 0 Å². The van der Waals surface area contributed by atoms with Crippen molar-refractivity contribution in [2.24, 2.45) is 0 Å². The van der Waals surface area contributed by atoms with Gasteiger partial charge in [-0.2, -0.15) is 0 Å². The normalized spacial score (nSPS) is 12.8. The van der Waals surface area contributed by atoms with Gasteiger partial charge in [-0.25, -0.2) is 0 Å². The van der Waals surface area contributed by atoms with Crippen LogP contribution in [0.3, 0.4) is 0 Å². The first-order chi connectivity index (χ1) is 9.81. The fourth-order valence-electron chi connectivity index (χ4n) is 2.53. The van der Waals surface area contributed by atoms with Crippen molar-refractivity contribution in [3.63, 3.8) is 0 Å². The number of hydrogen-bond acceptors (Lipinski definition) is 2. The lowest BCUT2D eigenvalue weighted by Gasteiger charge is -2.12. The summed E-state index contributed by atoms with van der Waals surface area (Å²) in [4.78, 5) is 0. The van der Waals surface area contributed by atoms with Crippen molar-refractivity contribution in [1.82, 2.24) is 5.32 Å². The van der Waals surface area contributed by atoms with Crippen LogP contribution in [0.15, 0.2) is 0 Å². The van der Waals surface area contributed by atoms with Gasteiger partial charge < -0.3 is 10.1 Å². The quantitative estimate of drug-likeness (QED) is 0.388. The summed E-state index contributed by atoms with van der Waals surface area (Å²) in [6, 6.07) is 0.635. The van der Waals surface area contributed by atoms with E-state index in [1.807, 2.05) is 0 Å². The van der Waals surface area contributed by atoms with E-state index in [4.69, 9.17) is 4.74 Å². The van der Waals surface area contributed by atoms with Crippen LogP contribution in [-0.4, -0.2) is 25.8 Å². The third kappa shape index (κ3) is 16.0. The van der Waals surface area contributed by atoms with Gasteiger partial charge in [-0.15, -0.1) is 0 Å². The summed E-state index contributed by atoms with van der Waals surface area (Å²) in [6.45, 7) is 9.58. The SMILES string of the molecule is CCCCCCCCCCCOCCNC(C)CCC. The molecule has 0 spiro atoms. The van der Waals surface area contributed by atoms with Crippen molar-refractivity contribution >= 4 is 0 Å². The molecule has 0 aromatic rings. The molecule has 0 bridgehead atoms. The van der Waals surface area contributed by atoms with Gasteiger partial charge in [-0.3, -0.25) is 0 Å². The molecule has 2 nitrogen and oxygen atoms in total. The first-order valence-corrected chi connectivity index (χ1v) is 9.12. The lowest BCUT2D eigenvalue weighted by atomic mass is 10.1. The topological polar surface area (TPSA) is 21.3 Å². The van der Waals surface area contributed by atoms with Crippen LogP contribution in [0, 0.1) is 0 Å². The molecule has 0 rings (SSSR count). The Morgan fingerprint density at radius 3 is 1.95 bits per heavy atom. The van der Waals surface area contributed by atoms with E-state index < -0.39 is 0 Å². The predicted molar refractivity (Wildman–Crippen MR) is 90.4 cm³/mol. The van der Waals surface area contributed by atoms with Crippen LogP contribution in [0.25, 0.3) is 0 Å². The second-order valence-corrected chi connectivity index (χ2v) is 6.08. The van der Waals surface area contributed by atoms with Crippen LogP contribution >= 0.6 is 0 Å². The summed E-state index contributed by atoms with van der Waals surface area (Å²) < 4.78 is 5.66. The van der Waals surface area contributed by atoms with Crippen molar-refractivity contribution in [3.8, 4) is 0 Å². The Hall–Kier alpha value is -0.0800. The molecule has 0 saturated carbocycles. The Morgan fingerprint density at radius 1 is 0.750 bits per heavy atom. The van der Waals surface area contributed by atoms with E-state index in [-0.39, 0.29) is 0 Å². The summed E-state index contributed by atoms with van der Waals surface area (Å²) in [6.07, 6.45) is 15.0. The largest absolute Gasteiger partial charge is 0.380 e. The Morgan fingerprint density at radius 2 is 1.35 bits per heavy atom. The highest BCUT2D eigenvalue weighted by atomic mass is 16.5. The highest BCUT2D eigenvalue weighted by Crippen LogP contribution is 2.09. The fraction of sp³-hybridized carbons (Fsp3) is 1.00. The van der Waals surface area contributed by atoms with Gasteiger partial charge in [0.2, 0.25) is 0 Å². The Labute approximate surface area is 128 Å². The first-order valence-electron chi connectivity index (χ1n) is 9.12. The van der Waals surface area contributed by atoms with Gasteiger partial charge in [0.15, 0.2) is 0 Å². The van der Waals surface area contributed by atoms with Gasteiger partial charge in [0.1, 0.15) is 0 Å². The summed E-state index contributed by atoms with van der Waals surface area (Å²) in [5, 5.41) is 3.49. The molecule has 0 fully saturated rings. The molecule has 122 valence electrons. The molecule has 2 heteroatoms. The third-order valence-corrected chi connectivity index (χ3v) is 3.85. The predicted octanol–water partition coefficient (Wildman–Crippen LogP) is 5.31. The number of hydrogen-bond donors (Lipinski definition) is 1. The van der Waals surface area contributed by atoms with Crippen LogP contribution in [0.1, 0.15) is 91.4 Å². The number of ether oxygens (including phenoxy) is 1. The molecule has 0 radical (unpaired) electrons. The van der Waals surface area contributed by atoms with Crippen molar-refractivity contribution in [3.05, 3.63) is 0 Å². The lowest BCUT2D eigenvalue weighted by Crippen LogP contribution is -2.29. The van der Waals surface area contributed by atoms with E-state index in [1.54, 1.807) is 0 Å². The average molecular weight is 286 g/mol. The maximum Gasteiger partial charge on any atom is 0.0590 e. The highest BCUT2D eigenvalue weighted by molar-refractivity contribution is 4.58. The Balaban J connectivity index is 2.99. The van der Waals surface area contributed by atoms with Crippen LogP contribution in [-0.2, 0) is 4.74 Å². The zero-order chi connectivity index (χ0) is 14.9. The molecule has 0 aromatic carbocycles. The molecule has 0 amide bonds. The third-order valence-electron chi connectivity index (χ3n) is 3.85. The van der Waals surface area contributed by atoms with Crippen molar-refractivity contribution in [2.45, 2.75) is 97.4 Å². The van der Waals surface area contributed by atoms with Crippen molar-refractivity contribution < 1.29 is 4.74 Å². The van der Waals surface area contributed by atoms with Crippen LogP contribution in [0.5, 0.6) is 0 Å². The Bertz CT molecular complexity index is 173. The zero-order valence-electron chi connectivity index (χ0n) is 14.4. The molecule has 0 aromatic heterocycles. The molecular formula is C18H39NO. The van der Waals surface area contributed by atoms with Crippen LogP contribution < -0.4 is 5.32 Å². The van der Waals surface area contributed by atoms with Crippen LogP contribution in [0.2, 0.25) is 0 Å². The second kappa shape index (κ2) is 17.0. The molecule has 0 aliphatic carbocycles. The highest BCUT2D eigenvalue weighted by Gasteiger charge is 1.98. The minimum absolute atomic E-state index is 0.635. The van der Waals surface area contributed by atoms with E-state index in [0.29, 0.717) is 6.04 Å². The molecule has 1 unspecified atom stereocenters.